The largest absolute Gasteiger partial charge is 0.348 e. The summed E-state index contributed by atoms with van der Waals surface area (Å²) in [7, 11) is 0. The normalized spacial score (nSPS) is 14.8. The summed E-state index contributed by atoms with van der Waals surface area (Å²) in [6, 6.07) is 14.0. The first-order chi connectivity index (χ1) is 12.6. The van der Waals surface area contributed by atoms with E-state index in [-0.39, 0.29) is 11.6 Å². The molecule has 1 saturated heterocycles. The van der Waals surface area contributed by atoms with Gasteiger partial charge in [-0.05, 0) is 43.1 Å². The van der Waals surface area contributed by atoms with E-state index in [9.17, 15) is 14.9 Å². The van der Waals surface area contributed by atoms with Crippen molar-refractivity contribution < 1.29 is 9.72 Å². The fourth-order valence-electron chi connectivity index (χ4n) is 3.18. The van der Waals surface area contributed by atoms with Crippen molar-refractivity contribution in [3.63, 3.8) is 0 Å². The van der Waals surface area contributed by atoms with Gasteiger partial charge in [-0.1, -0.05) is 36.8 Å². The highest BCUT2D eigenvalue weighted by Crippen LogP contribution is 2.15. The molecular formula is C20H23N3O3. The average molecular weight is 353 g/mol. The number of carbonyl (C=O) groups excluding carboxylic acids is 1. The van der Waals surface area contributed by atoms with Gasteiger partial charge >= 0.3 is 0 Å². The minimum absolute atomic E-state index is 0.0836. The lowest BCUT2D eigenvalue weighted by Crippen LogP contribution is -2.29. The van der Waals surface area contributed by atoms with Gasteiger partial charge in [0.25, 0.3) is 11.6 Å². The molecule has 0 saturated carbocycles. The molecule has 0 unspecified atom stereocenters. The first-order valence-corrected chi connectivity index (χ1v) is 8.94. The minimum Gasteiger partial charge on any atom is -0.348 e. The smallest absolute Gasteiger partial charge is 0.270 e. The van der Waals surface area contributed by atoms with E-state index in [0.29, 0.717) is 12.1 Å². The van der Waals surface area contributed by atoms with Crippen LogP contribution in [0.4, 0.5) is 5.69 Å². The highest BCUT2D eigenvalue weighted by Gasteiger charge is 2.12. The molecule has 136 valence electrons. The fourth-order valence-corrected chi connectivity index (χ4v) is 3.18. The molecular weight excluding hydrogens is 330 g/mol. The van der Waals surface area contributed by atoms with Gasteiger partial charge in [-0.15, -0.1) is 0 Å². The Balaban J connectivity index is 1.53. The number of piperidine rings is 1. The van der Waals surface area contributed by atoms with E-state index < -0.39 is 4.92 Å². The topological polar surface area (TPSA) is 75.5 Å². The average Bonchev–Trinajstić information content (AvgIpc) is 2.68. The van der Waals surface area contributed by atoms with Crippen LogP contribution in [0, 0.1) is 10.1 Å². The van der Waals surface area contributed by atoms with E-state index in [1.807, 2.05) is 12.1 Å². The summed E-state index contributed by atoms with van der Waals surface area (Å²) in [5.41, 5.74) is 2.49. The van der Waals surface area contributed by atoms with Gasteiger partial charge in [0.2, 0.25) is 0 Å². The molecule has 0 aromatic heterocycles. The maximum Gasteiger partial charge on any atom is 0.270 e. The molecule has 0 aliphatic carbocycles. The zero-order valence-electron chi connectivity index (χ0n) is 14.7. The van der Waals surface area contributed by atoms with Crippen LogP contribution in [0.25, 0.3) is 0 Å². The van der Waals surface area contributed by atoms with Crippen LogP contribution in [-0.4, -0.2) is 28.8 Å². The van der Waals surface area contributed by atoms with Crippen LogP contribution in [-0.2, 0) is 13.1 Å². The summed E-state index contributed by atoms with van der Waals surface area (Å²) in [4.78, 5) is 25.0. The Morgan fingerprint density at radius 1 is 1.04 bits per heavy atom. The molecule has 3 rings (SSSR count). The molecule has 1 N–H and O–H groups in total. The highest BCUT2D eigenvalue weighted by molar-refractivity contribution is 5.94. The van der Waals surface area contributed by atoms with E-state index in [4.69, 9.17) is 0 Å². The molecule has 1 fully saturated rings. The van der Waals surface area contributed by atoms with Gasteiger partial charge < -0.3 is 5.32 Å². The number of likely N-dealkylation sites (tertiary alicyclic amines) is 1. The van der Waals surface area contributed by atoms with Crippen LogP contribution in [0.5, 0.6) is 0 Å². The van der Waals surface area contributed by atoms with E-state index >= 15 is 0 Å². The SMILES string of the molecule is O=C(NCc1ccc(CN2CCCCC2)cc1)c1cccc([N+](=O)[O-])c1. The molecule has 1 heterocycles. The summed E-state index contributed by atoms with van der Waals surface area (Å²) in [6.45, 7) is 3.70. The van der Waals surface area contributed by atoms with Crippen molar-refractivity contribution in [2.45, 2.75) is 32.4 Å². The van der Waals surface area contributed by atoms with Crippen molar-refractivity contribution in [2.75, 3.05) is 13.1 Å². The monoisotopic (exact) mass is 353 g/mol. The number of nitro benzene ring substituents is 1. The molecule has 0 spiro atoms. The van der Waals surface area contributed by atoms with Gasteiger partial charge in [-0.3, -0.25) is 19.8 Å². The molecule has 2 aromatic carbocycles. The van der Waals surface area contributed by atoms with E-state index in [2.05, 4.69) is 22.3 Å². The van der Waals surface area contributed by atoms with Gasteiger partial charge in [0.1, 0.15) is 0 Å². The van der Waals surface area contributed by atoms with Crippen molar-refractivity contribution in [1.82, 2.24) is 10.2 Å². The summed E-state index contributed by atoms with van der Waals surface area (Å²) in [6.07, 6.45) is 3.89. The summed E-state index contributed by atoms with van der Waals surface area (Å²) < 4.78 is 0. The number of nitrogens with one attached hydrogen (secondary N) is 1. The summed E-state index contributed by atoms with van der Waals surface area (Å²) >= 11 is 0. The van der Waals surface area contributed by atoms with Gasteiger partial charge in [-0.25, -0.2) is 0 Å². The molecule has 1 aliphatic heterocycles. The zero-order valence-corrected chi connectivity index (χ0v) is 14.7. The first-order valence-electron chi connectivity index (χ1n) is 8.94. The summed E-state index contributed by atoms with van der Waals surface area (Å²) in [5.74, 6) is -0.314. The number of amides is 1. The number of carbonyl (C=O) groups is 1. The Morgan fingerprint density at radius 3 is 2.42 bits per heavy atom. The number of nitro groups is 1. The predicted octanol–water partition coefficient (Wildman–Crippen LogP) is 3.51. The molecule has 2 aromatic rings. The summed E-state index contributed by atoms with van der Waals surface area (Å²) in [5, 5.41) is 13.6. The predicted molar refractivity (Wildman–Crippen MR) is 99.8 cm³/mol. The Bertz CT molecular complexity index is 768. The van der Waals surface area contributed by atoms with E-state index in [0.717, 1.165) is 12.1 Å². The van der Waals surface area contributed by atoms with Gasteiger partial charge in [0.15, 0.2) is 0 Å². The number of hydrogen-bond acceptors (Lipinski definition) is 4. The molecule has 0 bridgehead atoms. The number of benzene rings is 2. The number of non-ortho nitro benzene ring substituents is 1. The fraction of sp³-hybridized carbons (Fsp3) is 0.350. The maximum absolute atomic E-state index is 12.2. The second-order valence-corrected chi connectivity index (χ2v) is 6.64. The maximum atomic E-state index is 12.2. The molecule has 26 heavy (non-hydrogen) atoms. The zero-order chi connectivity index (χ0) is 18.4. The Morgan fingerprint density at radius 2 is 1.73 bits per heavy atom. The molecule has 1 amide bonds. The first kappa shape index (κ1) is 18.1. The van der Waals surface area contributed by atoms with Crippen molar-refractivity contribution >= 4 is 11.6 Å². The third-order valence-electron chi connectivity index (χ3n) is 4.65. The molecule has 6 heteroatoms. The van der Waals surface area contributed by atoms with Crippen LogP contribution < -0.4 is 5.32 Å². The van der Waals surface area contributed by atoms with E-state index in [1.165, 1.54) is 56.1 Å². The van der Waals surface area contributed by atoms with Crippen LogP contribution in [0.2, 0.25) is 0 Å². The van der Waals surface area contributed by atoms with Gasteiger partial charge in [0.05, 0.1) is 4.92 Å². The lowest BCUT2D eigenvalue weighted by molar-refractivity contribution is -0.384. The number of rotatable bonds is 6. The van der Waals surface area contributed by atoms with Crippen LogP contribution >= 0.6 is 0 Å². The lowest BCUT2D eigenvalue weighted by atomic mass is 10.1. The molecule has 1 aliphatic rings. The Labute approximate surface area is 153 Å². The van der Waals surface area contributed by atoms with Crippen molar-refractivity contribution in [2.24, 2.45) is 0 Å². The molecule has 6 nitrogen and oxygen atoms in total. The quantitative estimate of drug-likeness (QED) is 0.637. The third-order valence-corrected chi connectivity index (χ3v) is 4.65. The van der Waals surface area contributed by atoms with Crippen LogP contribution in [0.1, 0.15) is 40.7 Å². The second-order valence-electron chi connectivity index (χ2n) is 6.64. The Hall–Kier alpha value is -2.73. The Kier molecular flexibility index (Phi) is 5.96. The van der Waals surface area contributed by atoms with Gasteiger partial charge in [0, 0.05) is 30.8 Å². The highest BCUT2D eigenvalue weighted by atomic mass is 16.6. The van der Waals surface area contributed by atoms with Crippen LogP contribution in [0.3, 0.4) is 0 Å². The molecule has 0 atom stereocenters. The standard InChI is InChI=1S/C20H23N3O3/c24-20(18-5-4-6-19(13-18)23(25)26)21-14-16-7-9-17(10-8-16)15-22-11-2-1-3-12-22/h4-10,13H,1-3,11-12,14-15H2,(H,21,24). The minimum atomic E-state index is -0.502. The van der Waals surface area contributed by atoms with Gasteiger partial charge in [-0.2, -0.15) is 0 Å². The lowest BCUT2D eigenvalue weighted by Gasteiger charge is -2.26. The third kappa shape index (κ3) is 4.89. The number of nitrogens with zero attached hydrogens (tertiary/aromatic N) is 2. The second kappa shape index (κ2) is 8.58. The number of hydrogen-bond donors (Lipinski definition) is 1. The van der Waals surface area contributed by atoms with Crippen molar-refractivity contribution in [3.8, 4) is 0 Å². The van der Waals surface area contributed by atoms with Crippen molar-refractivity contribution in [1.29, 1.82) is 0 Å². The van der Waals surface area contributed by atoms with E-state index in [1.54, 1.807) is 6.07 Å². The molecule has 0 radical (unpaired) electrons. The van der Waals surface area contributed by atoms with Crippen LogP contribution in [0.15, 0.2) is 48.5 Å². The van der Waals surface area contributed by atoms with Crippen molar-refractivity contribution in [3.05, 3.63) is 75.3 Å².